The molecule has 20 heavy (non-hydrogen) atoms. The van der Waals surface area contributed by atoms with Crippen LogP contribution in [0.3, 0.4) is 0 Å². The molecular weight excluding hydrogens is 278 g/mol. The van der Waals surface area contributed by atoms with Crippen LogP contribution in [0.25, 0.3) is 0 Å². The van der Waals surface area contributed by atoms with Gasteiger partial charge in [-0.05, 0) is 31.0 Å². The summed E-state index contributed by atoms with van der Waals surface area (Å²) in [5.74, 6) is -0.451. The van der Waals surface area contributed by atoms with Crippen molar-refractivity contribution < 1.29 is 14.3 Å². The Morgan fingerprint density at radius 3 is 2.40 bits per heavy atom. The number of halogens is 1. The Labute approximate surface area is 124 Å². The molecule has 1 aromatic rings. The van der Waals surface area contributed by atoms with Gasteiger partial charge in [-0.15, -0.1) is 0 Å². The number of carbonyl (C=O) groups excluding carboxylic acids is 2. The first kappa shape index (κ1) is 16.5. The van der Waals surface area contributed by atoms with Crippen molar-refractivity contribution in [3.8, 4) is 0 Å². The van der Waals surface area contributed by atoms with E-state index in [1.165, 1.54) is 4.90 Å². The van der Waals surface area contributed by atoms with Crippen molar-refractivity contribution in [1.82, 2.24) is 4.90 Å². The van der Waals surface area contributed by atoms with Crippen molar-refractivity contribution in [3.05, 3.63) is 34.9 Å². The summed E-state index contributed by atoms with van der Waals surface area (Å²) in [7, 11) is 0. The van der Waals surface area contributed by atoms with E-state index in [0.29, 0.717) is 18.2 Å². The Kier molecular flexibility index (Phi) is 7.09. The Morgan fingerprint density at radius 1 is 1.20 bits per heavy atom. The van der Waals surface area contributed by atoms with E-state index in [9.17, 15) is 9.59 Å². The highest BCUT2D eigenvalue weighted by atomic mass is 35.5. The smallest absolute Gasteiger partial charge is 0.325 e. The quantitative estimate of drug-likeness (QED) is 0.727. The van der Waals surface area contributed by atoms with Gasteiger partial charge >= 0.3 is 5.97 Å². The summed E-state index contributed by atoms with van der Waals surface area (Å²) in [6.45, 7) is 4.59. The zero-order valence-electron chi connectivity index (χ0n) is 11.9. The Balaban J connectivity index is 2.63. The number of nitrogens with zero attached hydrogens (tertiary/aromatic N) is 1. The van der Waals surface area contributed by atoms with Crippen LogP contribution >= 0.6 is 11.6 Å². The summed E-state index contributed by atoms with van der Waals surface area (Å²) in [4.78, 5) is 25.2. The number of ether oxygens (including phenoxy) is 1. The molecule has 0 atom stereocenters. The molecule has 0 saturated carbocycles. The van der Waals surface area contributed by atoms with Crippen LogP contribution in [0.2, 0.25) is 5.02 Å². The lowest BCUT2D eigenvalue weighted by atomic mass is 10.1. The minimum Gasteiger partial charge on any atom is -0.465 e. The monoisotopic (exact) mass is 297 g/mol. The highest BCUT2D eigenvalue weighted by Gasteiger charge is 2.17. The molecule has 0 aliphatic carbocycles. The topological polar surface area (TPSA) is 46.6 Å². The summed E-state index contributed by atoms with van der Waals surface area (Å²) in [6.07, 6.45) is 1.06. The van der Waals surface area contributed by atoms with E-state index in [-0.39, 0.29) is 24.8 Å². The van der Waals surface area contributed by atoms with Gasteiger partial charge in [0.05, 0.1) is 13.0 Å². The molecule has 1 amide bonds. The van der Waals surface area contributed by atoms with Gasteiger partial charge in [0.1, 0.15) is 6.54 Å². The summed E-state index contributed by atoms with van der Waals surface area (Å²) >= 11 is 5.81. The lowest BCUT2D eigenvalue weighted by Gasteiger charge is -2.21. The van der Waals surface area contributed by atoms with E-state index in [4.69, 9.17) is 16.3 Å². The van der Waals surface area contributed by atoms with Gasteiger partial charge in [0.2, 0.25) is 5.91 Å². The SMILES string of the molecule is CCCN(CC(=O)OCC)C(=O)Cc1ccc(Cl)cc1. The maximum Gasteiger partial charge on any atom is 0.325 e. The summed E-state index contributed by atoms with van der Waals surface area (Å²) in [5.41, 5.74) is 0.879. The van der Waals surface area contributed by atoms with Crippen molar-refractivity contribution in [2.75, 3.05) is 19.7 Å². The zero-order chi connectivity index (χ0) is 15.0. The standard InChI is InChI=1S/C15H20ClNO3/c1-3-9-17(11-15(19)20-4-2)14(18)10-12-5-7-13(16)8-6-12/h5-8H,3-4,9-11H2,1-2H3. The Hall–Kier alpha value is -1.55. The molecule has 0 bridgehead atoms. The van der Waals surface area contributed by atoms with Gasteiger partial charge in [0.25, 0.3) is 0 Å². The lowest BCUT2D eigenvalue weighted by molar-refractivity contribution is -0.148. The van der Waals surface area contributed by atoms with Gasteiger partial charge < -0.3 is 9.64 Å². The number of esters is 1. The summed E-state index contributed by atoms with van der Waals surface area (Å²) in [5, 5.41) is 0.637. The molecule has 0 heterocycles. The molecule has 0 spiro atoms. The molecule has 0 aromatic heterocycles. The van der Waals surface area contributed by atoms with Crippen molar-refractivity contribution in [3.63, 3.8) is 0 Å². The highest BCUT2D eigenvalue weighted by molar-refractivity contribution is 6.30. The van der Waals surface area contributed by atoms with Gasteiger partial charge in [0, 0.05) is 11.6 Å². The molecule has 0 radical (unpaired) electrons. The molecule has 1 aromatic carbocycles. The van der Waals surface area contributed by atoms with E-state index >= 15 is 0 Å². The number of hydrogen-bond donors (Lipinski definition) is 0. The number of rotatable bonds is 7. The number of benzene rings is 1. The van der Waals surface area contributed by atoms with Crippen LogP contribution in [0.1, 0.15) is 25.8 Å². The van der Waals surface area contributed by atoms with E-state index in [1.807, 2.05) is 19.1 Å². The molecule has 0 aliphatic rings. The minimum atomic E-state index is -0.370. The fourth-order valence-corrected chi connectivity index (χ4v) is 1.94. The summed E-state index contributed by atoms with van der Waals surface area (Å²) < 4.78 is 4.88. The molecule has 0 unspecified atom stereocenters. The fraction of sp³-hybridized carbons (Fsp3) is 0.467. The predicted molar refractivity (Wildman–Crippen MR) is 78.7 cm³/mol. The molecule has 110 valence electrons. The van der Waals surface area contributed by atoms with Gasteiger partial charge in [-0.3, -0.25) is 9.59 Å². The van der Waals surface area contributed by atoms with E-state index in [2.05, 4.69) is 0 Å². The van der Waals surface area contributed by atoms with Crippen LogP contribution in [-0.4, -0.2) is 36.5 Å². The molecule has 0 aliphatic heterocycles. The molecule has 0 saturated heterocycles. The van der Waals surface area contributed by atoms with Crippen LogP contribution in [-0.2, 0) is 20.7 Å². The van der Waals surface area contributed by atoms with Gasteiger partial charge in [-0.2, -0.15) is 0 Å². The van der Waals surface area contributed by atoms with Crippen LogP contribution in [0, 0.1) is 0 Å². The fourth-order valence-electron chi connectivity index (χ4n) is 1.81. The average Bonchev–Trinajstić information content (AvgIpc) is 2.41. The zero-order valence-corrected chi connectivity index (χ0v) is 12.7. The van der Waals surface area contributed by atoms with Crippen LogP contribution in [0.4, 0.5) is 0 Å². The Bertz CT molecular complexity index is 445. The van der Waals surface area contributed by atoms with Crippen molar-refractivity contribution >= 4 is 23.5 Å². The largest absolute Gasteiger partial charge is 0.465 e. The van der Waals surface area contributed by atoms with Crippen molar-refractivity contribution in [2.24, 2.45) is 0 Å². The first-order chi connectivity index (χ1) is 9.56. The normalized spacial score (nSPS) is 10.2. The molecule has 1 rings (SSSR count). The molecule has 0 N–H and O–H groups in total. The van der Waals surface area contributed by atoms with E-state index < -0.39 is 0 Å². The first-order valence-electron chi connectivity index (χ1n) is 6.74. The number of carbonyl (C=O) groups is 2. The second-order valence-electron chi connectivity index (χ2n) is 4.42. The van der Waals surface area contributed by atoms with E-state index in [1.54, 1.807) is 19.1 Å². The van der Waals surface area contributed by atoms with Crippen molar-refractivity contribution in [1.29, 1.82) is 0 Å². The van der Waals surface area contributed by atoms with Gasteiger partial charge in [-0.25, -0.2) is 0 Å². The minimum absolute atomic E-state index is 0.00804. The predicted octanol–water partition coefficient (Wildman–Crippen LogP) is 2.68. The second-order valence-corrected chi connectivity index (χ2v) is 4.86. The third-order valence-corrected chi connectivity index (χ3v) is 2.99. The summed E-state index contributed by atoms with van der Waals surface area (Å²) in [6, 6.07) is 7.13. The van der Waals surface area contributed by atoms with Crippen LogP contribution in [0.5, 0.6) is 0 Å². The second kappa shape index (κ2) is 8.59. The highest BCUT2D eigenvalue weighted by Crippen LogP contribution is 2.11. The lowest BCUT2D eigenvalue weighted by Crippen LogP contribution is -2.38. The van der Waals surface area contributed by atoms with Gasteiger partial charge in [-0.1, -0.05) is 30.7 Å². The maximum atomic E-state index is 12.2. The first-order valence-corrected chi connectivity index (χ1v) is 7.12. The van der Waals surface area contributed by atoms with Crippen LogP contribution in [0.15, 0.2) is 24.3 Å². The van der Waals surface area contributed by atoms with Crippen LogP contribution < -0.4 is 0 Å². The Morgan fingerprint density at radius 2 is 1.85 bits per heavy atom. The third-order valence-electron chi connectivity index (χ3n) is 2.74. The third kappa shape index (κ3) is 5.61. The molecule has 4 nitrogen and oxygen atoms in total. The van der Waals surface area contributed by atoms with Crippen molar-refractivity contribution in [2.45, 2.75) is 26.7 Å². The number of hydrogen-bond acceptors (Lipinski definition) is 3. The van der Waals surface area contributed by atoms with Gasteiger partial charge in [0.15, 0.2) is 0 Å². The molecule has 5 heteroatoms. The van der Waals surface area contributed by atoms with E-state index in [0.717, 1.165) is 12.0 Å². The maximum absolute atomic E-state index is 12.2. The average molecular weight is 298 g/mol. The molecule has 0 fully saturated rings. The number of amides is 1. The molecular formula is C15H20ClNO3.